The zero-order chi connectivity index (χ0) is 14.0. The fraction of sp³-hybridized carbons (Fsp3) is 0.154. The fourth-order valence-corrected chi connectivity index (χ4v) is 2.18. The number of nitrogens with zero attached hydrogens (tertiary/aromatic N) is 1. The molecule has 0 radical (unpaired) electrons. The van der Waals surface area contributed by atoms with Crippen molar-refractivity contribution in [3.05, 3.63) is 58.3 Å². The van der Waals surface area contributed by atoms with E-state index in [-0.39, 0.29) is 11.1 Å². The highest BCUT2D eigenvalue weighted by Gasteiger charge is 2.32. The Labute approximate surface area is 116 Å². The number of halogens is 3. The Morgan fingerprint density at radius 1 is 1.32 bits per heavy atom. The van der Waals surface area contributed by atoms with Crippen LogP contribution in [-0.4, -0.2) is 15.6 Å². The van der Waals surface area contributed by atoms with Crippen molar-refractivity contribution in [3.63, 3.8) is 0 Å². The molecule has 100 valence electrons. The number of alkyl halides is 2. The van der Waals surface area contributed by atoms with Crippen LogP contribution in [0.15, 0.2) is 47.2 Å². The molecule has 0 aliphatic rings. The van der Waals surface area contributed by atoms with Gasteiger partial charge in [0.25, 0.3) is 5.92 Å². The molecule has 0 aliphatic carbocycles. The average Bonchev–Trinajstić information content (AvgIpc) is 2.72. The van der Waals surface area contributed by atoms with Gasteiger partial charge in [-0.05, 0) is 22.0 Å². The molecule has 0 bridgehead atoms. The molecule has 0 aliphatic heterocycles. The monoisotopic (exact) mass is 329 g/mol. The Morgan fingerprint density at radius 2 is 1.95 bits per heavy atom. The Morgan fingerprint density at radius 3 is 2.47 bits per heavy atom. The Bertz CT molecular complexity index is 596. The van der Waals surface area contributed by atoms with E-state index in [1.807, 2.05) is 0 Å². The van der Waals surface area contributed by atoms with E-state index in [0.717, 1.165) is 0 Å². The van der Waals surface area contributed by atoms with Gasteiger partial charge < -0.3 is 9.67 Å². The summed E-state index contributed by atoms with van der Waals surface area (Å²) in [5, 5.41) is 8.82. The van der Waals surface area contributed by atoms with E-state index >= 15 is 0 Å². The molecule has 1 aromatic carbocycles. The van der Waals surface area contributed by atoms with Gasteiger partial charge in [0.05, 0.1) is 16.7 Å². The first-order valence-electron chi connectivity index (χ1n) is 5.42. The predicted octanol–water partition coefficient (Wildman–Crippen LogP) is 3.74. The molecule has 0 spiro atoms. The normalized spacial score (nSPS) is 11.5. The first-order chi connectivity index (χ1) is 8.90. The molecule has 0 fully saturated rings. The summed E-state index contributed by atoms with van der Waals surface area (Å²) in [6.07, 6.45) is 1.18. The standard InChI is InChI=1S/C13H10BrF2NO2/c14-11-6-9(12(18)19)7-17(11)8-13(15,16)10-4-2-1-3-5-10/h1-7H,8H2,(H,18,19). The third-order valence-electron chi connectivity index (χ3n) is 2.66. The highest BCUT2D eigenvalue weighted by molar-refractivity contribution is 9.10. The van der Waals surface area contributed by atoms with E-state index in [9.17, 15) is 13.6 Å². The minimum Gasteiger partial charge on any atom is -0.478 e. The Hall–Kier alpha value is -1.69. The lowest BCUT2D eigenvalue weighted by Gasteiger charge is -2.18. The molecule has 1 heterocycles. The molecule has 2 aromatic rings. The molecule has 0 atom stereocenters. The van der Waals surface area contributed by atoms with Gasteiger partial charge in [-0.3, -0.25) is 0 Å². The number of carboxylic acid groups (broad SMARTS) is 1. The summed E-state index contributed by atoms with van der Waals surface area (Å²) in [5.74, 6) is -4.22. The lowest BCUT2D eigenvalue weighted by Crippen LogP contribution is -2.21. The van der Waals surface area contributed by atoms with Gasteiger partial charge in [-0.15, -0.1) is 0 Å². The average molecular weight is 330 g/mol. The summed E-state index contributed by atoms with van der Waals surface area (Å²) in [7, 11) is 0. The summed E-state index contributed by atoms with van der Waals surface area (Å²) < 4.78 is 29.6. The minimum absolute atomic E-state index is 0.0317. The van der Waals surface area contributed by atoms with Crippen LogP contribution in [0.1, 0.15) is 15.9 Å². The van der Waals surface area contributed by atoms with E-state index in [0.29, 0.717) is 4.60 Å². The van der Waals surface area contributed by atoms with Crippen LogP contribution >= 0.6 is 15.9 Å². The molecule has 6 heteroatoms. The molecular weight excluding hydrogens is 320 g/mol. The van der Waals surface area contributed by atoms with Crippen LogP contribution in [0.25, 0.3) is 0 Å². The molecule has 0 saturated heterocycles. The number of carboxylic acids is 1. The predicted molar refractivity (Wildman–Crippen MR) is 69.4 cm³/mol. The van der Waals surface area contributed by atoms with Crippen LogP contribution < -0.4 is 0 Å². The smallest absolute Gasteiger partial charge is 0.337 e. The maximum Gasteiger partial charge on any atom is 0.337 e. The van der Waals surface area contributed by atoms with Crippen molar-refractivity contribution < 1.29 is 18.7 Å². The van der Waals surface area contributed by atoms with Crippen LogP contribution in [0, 0.1) is 0 Å². The van der Waals surface area contributed by atoms with Crippen molar-refractivity contribution in [2.24, 2.45) is 0 Å². The first kappa shape index (κ1) is 13.7. The van der Waals surface area contributed by atoms with Gasteiger partial charge in [0, 0.05) is 11.8 Å². The van der Waals surface area contributed by atoms with Gasteiger partial charge in [-0.25, -0.2) is 4.79 Å². The van der Waals surface area contributed by atoms with Crippen LogP contribution in [0.2, 0.25) is 0 Å². The van der Waals surface area contributed by atoms with E-state index < -0.39 is 18.4 Å². The second-order valence-corrected chi connectivity index (χ2v) is 4.87. The molecule has 0 saturated carbocycles. The van der Waals surface area contributed by atoms with E-state index in [1.54, 1.807) is 6.07 Å². The van der Waals surface area contributed by atoms with E-state index in [2.05, 4.69) is 15.9 Å². The number of hydrogen-bond donors (Lipinski definition) is 1. The van der Waals surface area contributed by atoms with Gasteiger partial charge >= 0.3 is 5.97 Å². The molecule has 1 N–H and O–H groups in total. The van der Waals surface area contributed by atoms with Crippen molar-refractivity contribution in [2.75, 3.05) is 0 Å². The summed E-state index contributed by atoms with van der Waals surface area (Å²) in [6, 6.07) is 8.72. The van der Waals surface area contributed by atoms with Gasteiger partial charge in [0.1, 0.15) is 0 Å². The van der Waals surface area contributed by atoms with Gasteiger partial charge in [-0.2, -0.15) is 8.78 Å². The summed E-state index contributed by atoms with van der Waals surface area (Å²) in [6.45, 7) is -0.620. The van der Waals surface area contributed by atoms with Crippen molar-refractivity contribution >= 4 is 21.9 Å². The van der Waals surface area contributed by atoms with Crippen molar-refractivity contribution in [2.45, 2.75) is 12.5 Å². The van der Waals surface area contributed by atoms with Gasteiger partial charge in [0.15, 0.2) is 0 Å². The molecule has 2 rings (SSSR count). The highest BCUT2D eigenvalue weighted by atomic mass is 79.9. The van der Waals surface area contributed by atoms with Crippen LogP contribution in [0.4, 0.5) is 8.78 Å². The van der Waals surface area contributed by atoms with E-state index in [1.165, 1.54) is 41.1 Å². The quantitative estimate of drug-likeness (QED) is 0.928. The van der Waals surface area contributed by atoms with Crippen LogP contribution in [-0.2, 0) is 12.5 Å². The zero-order valence-electron chi connectivity index (χ0n) is 9.69. The highest BCUT2D eigenvalue weighted by Crippen LogP contribution is 2.31. The molecule has 19 heavy (non-hydrogen) atoms. The first-order valence-corrected chi connectivity index (χ1v) is 6.22. The minimum atomic E-state index is -3.07. The van der Waals surface area contributed by atoms with Crippen molar-refractivity contribution in [3.8, 4) is 0 Å². The molecular formula is C13H10BrF2NO2. The number of carbonyl (C=O) groups is 1. The second kappa shape index (κ2) is 5.13. The fourth-order valence-electron chi connectivity index (χ4n) is 1.70. The second-order valence-electron chi connectivity index (χ2n) is 4.06. The molecule has 1 aromatic heterocycles. The zero-order valence-corrected chi connectivity index (χ0v) is 11.3. The largest absolute Gasteiger partial charge is 0.478 e. The number of rotatable bonds is 4. The molecule has 0 amide bonds. The maximum absolute atomic E-state index is 14.0. The molecule has 3 nitrogen and oxygen atoms in total. The molecule has 0 unspecified atom stereocenters. The summed E-state index contributed by atoms with van der Waals surface area (Å²) >= 11 is 3.08. The summed E-state index contributed by atoms with van der Waals surface area (Å²) in [5.41, 5.74) is -0.136. The van der Waals surface area contributed by atoms with Crippen molar-refractivity contribution in [1.82, 2.24) is 4.57 Å². The van der Waals surface area contributed by atoms with Crippen LogP contribution in [0.5, 0.6) is 0 Å². The van der Waals surface area contributed by atoms with E-state index in [4.69, 9.17) is 5.11 Å². The maximum atomic E-state index is 14.0. The number of benzene rings is 1. The number of hydrogen-bond acceptors (Lipinski definition) is 1. The number of aromatic nitrogens is 1. The topological polar surface area (TPSA) is 42.2 Å². The third-order valence-corrected chi connectivity index (χ3v) is 3.34. The number of aromatic carboxylic acids is 1. The Kier molecular flexibility index (Phi) is 3.71. The third kappa shape index (κ3) is 3.01. The summed E-state index contributed by atoms with van der Waals surface area (Å²) in [4.78, 5) is 10.8. The van der Waals surface area contributed by atoms with Crippen molar-refractivity contribution in [1.29, 1.82) is 0 Å². The van der Waals surface area contributed by atoms with Gasteiger partial charge in [0.2, 0.25) is 0 Å². The lowest BCUT2D eigenvalue weighted by molar-refractivity contribution is -0.0227. The Balaban J connectivity index is 2.28. The van der Waals surface area contributed by atoms with Gasteiger partial charge in [-0.1, -0.05) is 30.3 Å². The van der Waals surface area contributed by atoms with Crippen LogP contribution in [0.3, 0.4) is 0 Å². The SMILES string of the molecule is O=C(O)c1cc(Br)n(CC(F)(F)c2ccccc2)c1. The lowest BCUT2D eigenvalue weighted by atomic mass is 10.1.